The first kappa shape index (κ1) is 45.7. The summed E-state index contributed by atoms with van der Waals surface area (Å²) in [5, 5.41) is 0. The number of rotatable bonds is 15. The number of alkyl halides is 4. The van der Waals surface area contributed by atoms with Crippen LogP contribution in [0.25, 0.3) is 0 Å². The SMILES string of the molecule is CCC(OC(=O)C(C)(C)CC)C(F)(F)C(=O)OC12CC3CC(CC(C3)C1C)C2.CCC1C2CC3CC(C2)CC1(OC(=O)C(F)(F)C(CC)OC(=O)C(C)(C)CC)C3. The summed E-state index contributed by atoms with van der Waals surface area (Å²) in [5.74, 6) is -9.11. The summed E-state index contributed by atoms with van der Waals surface area (Å²) in [6.07, 6.45) is 7.36. The zero-order valence-electron chi connectivity index (χ0n) is 36.2. The first-order valence-corrected chi connectivity index (χ1v) is 22.1. The quantitative estimate of drug-likeness (QED) is 0.0914. The predicted molar refractivity (Wildman–Crippen MR) is 206 cm³/mol. The molecule has 8 bridgehead atoms. The molecule has 0 aromatic rings. The number of esters is 4. The van der Waals surface area contributed by atoms with Crippen molar-refractivity contribution in [3.63, 3.8) is 0 Å². The van der Waals surface area contributed by atoms with Crippen LogP contribution < -0.4 is 0 Å². The van der Waals surface area contributed by atoms with Gasteiger partial charge in [0.25, 0.3) is 0 Å². The number of ether oxygens (including phenoxy) is 4. The Morgan fingerprint density at radius 1 is 0.561 bits per heavy atom. The lowest BCUT2D eigenvalue weighted by Gasteiger charge is -2.60. The minimum absolute atomic E-state index is 0.0988. The maximum absolute atomic E-state index is 15.1. The van der Waals surface area contributed by atoms with Crippen molar-refractivity contribution in [2.45, 2.75) is 201 Å². The van der Waals surface area contributed by atoms with Gasteiger partial charge in [0.15, 0.2) is 12.2 Å². The Morgan fingerprint density at radius 3 is 1.26 bits per heavy atom. The van der Waals surface area contributed by atoms with Gasteiger partial charge in [-0.15, -0.1) is 0 Å². The van der Waals surface area contributed by atoms with Crippen LogP contribution in [0, 0.1) is 58.2 Å². The lowest BCUT2D eigenvalue weighted by atomic mass is 9.49. The third kappa shape index (κ3) is 8.77. The molecule has 0 aliphatic heterocycles. The van der Waals surface area contributed by atoms with Crippen LogP contribution in [-0.4, -0.2) is 59.1 Å². The Kier molecular flexibility index (Phi) is 13.3. The van der Waals surface area contributed by atoms with Crippen molar-refractivity contribution in [3.05, 3.63) is 0 Å². The van der Waals surface area contributed by atoms with E-state index < -0.39 is 70.0 Å². The second-order valence-electron chi connectivity index (χ2n) is 20.3. The Balaban J connectivity index is 0.000000218. The average Bonchev–Trinajstić information content (AvgIpc) is 3.13. The highest BCUT2D eigenvalue weighted by Gasteiger charge is 2.63. The highest BCUT2D eigenvalue weighted by atomic mass is 19.3. The van der Waals surface area contributed by atoms with Crippen LogP contribution in [0.2, 0.25) is 0 Å². The van der Waals surface area contributed by atoms with E-state index >= 15 is 8.78 Å². The van der Waals surface area contributed by atoms with Crippen molar-refractivity contribution < 1.29 is 55.7 Å². The van der Waals surface area contributed by atoms with Crippen LogP contribution in [0.4, 0.5) is 17.6 Å². The van der Waals surface area contributed by atoms with Gasteiger partial charge in [0.1, 0.15) is 11.2 Å². The number of carbonyl (C=O) groups is 4. The van der Waals surface area contributed by atoms with E-state index in [0.717, 1.165) is 44.9 Å². The molecule has 0 amide bonds. The van der Waals surface area contributed by atoms with Crippen molar-refractivity contribution in [2.24, 2.45) is 58.2 Å². The van der Waals surface area contributed by atoms with E-state index in [-0.39, 0.29) is 24.7 Å². The Morgan fingerprint density at radius 2 is 0.912 bits per heavy atom. The van der Waals surface area contributed by atoms with Gasteiger partial charge in [0.05, 0.1) is 10.8 Å². The molecule has 0 heterocycles. The minimum Gasteiger partial charge on any atom is -0.455 e. The molecule has 8 rings (SSSR count). The number of hydrogen-bond donors (Lipinski definition) is 0. The summed E-state index contributed by atoms with van der Waals surface area (Å²) in [5.41, 5.74) is -3.29. The Labute approximate surface area is 338 Å². The topological polar surface area (TPSA) is 105 Å². The van der Waals surface area contributed by atoms with E-state index in [9.17, 15) is 28.0 Å². The first-order valence-electron chi connectivity index (χ1n) is 22.1. The maximum Gasteiger partial charge on any atom is 0.381 e. The molecular formula is C45H70F4O8. The second kappa shape index (κ2) is 16.6. The molecule has 326 valence electrons. The third-order valence-electron chi connectivity index (χ3n) is 15.7. The summed E-state index contributed by atoms with van der Waals surface area (Å²) in [6, 6.07) is 0. The van der Waals surface area contributed by atoms with Crippen molar-refractivity contribution in [1.29, 1.82) is 0 Å². The lowest BCUT2D eigenvalue weighted by molar-refractivity contribution is -0.239. The van der Waals surface area contributed by atoms with Crippen LogP contribution in [-0.2, 0) is 38.1 Å². The summed E-state index contributed by atoms with van der Waals surface area (Å²) >= 11 is 0. The van der Waals surface area contributed by atoms with Gasteiger partial charge in [-0.1, -0.05) is 41.5 Å². The molecule has 0 N–H and O–H groups in total. The van der Waals surface area contributed by atoms with Gasteiger partial charge in [-0.05, 0) is 165 Å². The Hall–Kier alpha value is -2.40. The van der Waals surface area contributed by atoms with Crippen molar-refractivity contribution in [1.82, 2.24) is 0 Å². The van der Waals surface area contributed by atoms with Crippen molar-refractivity contribution in [3.8, 4) is 0 Å². The number of halogens is 4. The Bertz CT molecular complexity index is 1460. The van der Waals surface area contributed by atoms with E-state index in [1.807, 2.05) is 6.92 Å². The molecule has 0 aromatic heterocycles. The standard InChI is InChI=1S/C23H36F2O4.C22H34F2O4/c1-6-17-16-10-14-9-15(11-16)13-22(17,12-14)29-20(27)23(24,25)18(7-2)28-19(26)21(4,5)8-3;1-6-17(27-18(25)20(4,5)7-2)22(23,24)19(26)28-21-11-14-8-15(12-21)10-16(9-14)13(21)3/h14-18H,6-13H2,1-5H3;13-17H,6-12H2,1-5H3. The van der Waals surface area contributed by atoms with Gasteiger partial charge < -0.3 is 18.9 Å². The number of hydrogen-bond acceptors (Lipinski definition) is 8. The minimum atomic E-state index is -3.85. The first-order chi connectivity index (χ1) is 26.4. The largest absolute Gasteiger partial charge is 0.455 e. The van der Waals surface area contributed by atoms with Crippen LogP contribution >= 0.6 is 0 Å². The molecule has 8 aliphatic carbocycles. The molecule has 8 unspecified atom stereocenters. The summed E-state index contributed by atoms with van der Waals surface area (Å²) in [4.78, 5) is 50.0. The van der Waals surface area contributed by atoms with Crippen LogP contribution in [0.15, 0.2) is 0 Å². The molecule has 0 spiro atoms. The highest BCUT2D eigenvalue weighted by Crippen LogP contribution is 2.62. The van der Waals surface area contributed by atoms with Gasteiger partial charge in [-0.2, -0.15) is 17.6 Å². The van der Waals surface area contributed by atoms with Crippen molar-refractivity contribution in [2.75, 3.05) is 0 Å². The average molecular weight is 815 g/mol. The zero-order valence-corrected chi connectivity index (χ0v) is 36.2. The van der Waals surface area contributed by atoms with Crippen LogP contribution in [0.5, 0.6) is 0 Å². The van der Waals surface area contributed by atoms with Gasteiger partial charge in [-0.3, -0.25) is 9.59 Å². The number of carbonyl (C=O) groups excluding carboxylic acids is 4. The smallest absolute Gasteiger partial charge is 0.381 e. The van der Waals surface area contributed by atoms with E-state index in [1.165, 1.54) is 13.8 Å². The fourth-order valence-corrected chi connectivity index (χ4v) is 11.8. The molecule has 8 atom stereocenters. The van der Waals surface area contributed by atoms with Gasteiger partial charge in [0.2, 0.25) is 0 Å². The fourth-order valence-electron chi connectivity index (χ4n) is 11.8. The fraction of sp³-hybridized carbons (Fsp3) is 0.911. The molecule has 0 radical (unpaired) electrons. The summed E-state index contributed by atoms with van der Waals surface area (Å²) < 4.78 is 81.8. The third-order valence-corrected chi connectivity index (χ3v) is 15.7. The molecule has 12 heteroatoms. The molecule has 0 saturated heterocycles. The van der Waals surface area contributed by atoms with Gasteiger partial charge in [-0.25, -0.2) is 9.59 Å². The maximum atomic E-state index is 15.1. The van der Waals surface area contributed by atoms with E-state index in [0.29, 0.717) is 74.0 Å². The second-order valence-corrected chi connectivity index (χ2v) is 20.3. The molecule has 8 nitrogen and oxygen atoms in total. The van der Waals surface area contributed by atoms with Gasteiger partial charge >= 0.3 is 35.7 Å². The highest BCUT2D eigenvalue weighted by molar-refractivity contribution is 5.82. The monoisotopic (exact) mass is 815 g/mol. The predicted octanol–water partition coefficient (Wildman–Crippen LogP) is 10.7. The molecule has 0 aromatic carbocycles. The summed E-state index contributed by atoms with van der Waals surface area (Å²) in [7, 11) is 0. The lowest BCUT2D eigenvalue weighted by Crippen LogP contribution is -2.61. The van der Waals surface area contributed by atoms with Crippen LogP contribution in [0.3, 0.4) is 0 Å². The van der Waals surface area contributed by atoms with E-state index in [1.54, 1.807) is 41.5 Å². The molecule has 57 heavy (non-hydrogen) atoms. The molecular weight excluding hydrogens is 744 g/mol. The van der Waals surface area contributed by atoms with E-state index in [2.05, 4.69) is 6.92 Å². The zero-order chi connectivity index (χ0) is 42.5. The van der Waals surface area contributed by atoms with Gasteiger partial charge in [0, 0.05) is 5.92 Å². The molecule has 8 aliphatic rings. The molecule has 8 saturated carbocycles. The normalized spacial score (nSPS) is 35.1. The van der Waals surface area contributed by atoms with Crippen LogP contribution in [0.1, 0.15) is 166 Å². The molecule has 8 fully saturated rings. The van der Waals surface area contributed by atoms with E-state index in [4.69, 9.17) is 18.9 Å². The summed E-state index contributed by atoms with van der Waals surface area (Å²) in [6.45, 7) is 17.3. The van der Waals surface area contributed by atoms with Crippen molar-refractivity contribution >= 4 is 23.9 Å².